The molecule has 2 heterocycles. The number of anilines is 1. The van der Waals surface area contributed by atoms with Crippen LogP contribution >= 0.6 is 0 Å². The van der Waals surface area contributed by atoms with Crippen LogP contribution in [0.4, 0.5) is 5.95 Å². The van der Waals surface area contributed by atoms with Gasteiger partial charge in [0.2, 0.25) is 5.95 Å². The molecule has 3 rings (SSSR count). The molecule has 2 aromatic rings. The largest absolute Gasteiger partial charge is 0.491 e. The molecule has 0 unspecified atom stereocenters. The lowest BCUT2D eigenvalue weighted by atomic mass is 10.2. The van der Waals surface area contributed by atoms with Gasteiger partial charge in [-0.2, -0.15) is 5.26 Å². The molecule has 0 saturated carbocycles. The zero-order chi connectivity index (χ0) is 13.1. The number of rotatable bonds is 1. The van der Waals surface area contributed by atoms with Crippen molar-refractivity contribution in [3.05, 3.63) is 47.8 Å². The molecule has 0 aliphatic carbocycles. The van der Waals surface area contributed by atoms with E-state index in [0.717, 1.165) is 11.3 Å². The standard InChI is InChI=1S/C14H12N4O/c15-9-12-5-6-16-14(17-12)18-7-8-19-13-4-2-1-3-11(13)10-18/h1-6H,7-8,10H2. The lowest BCUT2D eigenvalue weighted by Crippen LogP contribution is -2.27. The molecule has 5 nitrogen and oxygen atoms in total. The van der Waals surface area contributed by atoms with Crippen molar-refractivity contribution in [3.8, 4) is 11.8 Å². The van der Waals surface area contributed by atoms with Crippen LogP contribution in [-0.2, 0) is 6.54 Å². The third kappa shape index (κ3) is 2.33. The Morgan fingerprint density at radius 2 is 2.16 bits per heavy atom. The molecule has 1 aromatic heterocycles. The van der Waals surface area contributed by atoms with Gasteiger partial charge in [-0.25, -0.2) is 9.97 Å². The summed E-state index contributed by atoms with van der Waals surface area (Å²) in [6.07, 6.45) is 1.61. The Morgan fingerprint density at radius 1 is 1.26 bits per heavy atom. The molecule has 19 heavy (non-hydrogen) atoms. The highest BCUT2D eigenvalue weighted by atomic mass is 16.5. The van der Waals surface area contributed by atoms with Gasteiger partial charge in [-0.05, 0) is 12.1 Å². The van der Waals surface area contributed by atoms with Gasteiger partial charge >= 0.3 is 0 Å². The molecule has 0 N–H and O–H groups in total. The molecule has 0 fully saturated rings. The first-order chi connectivity index (χ1) is 9.36. The van der Waals surface area contributed by atoms with Crippen LogP contribution in [0.15, 0.2) is 36.5 Å². The summed E-state index contributed by atoms with van der Waals surface area (Å²) < 4.78 is 5.69. The molecular formula is C14H12N4O. The van der Waals surface area contributed by atoms with E-state index in [2.05, 4.69) is 9.97 Å². The van der Waals surface area contributed by atoms with Gasteiger partial charge in [-0.3, -0.25) is 0 Å². The van der Waals surface area contributed by atoms with Crippen molar-refractivity contribution in [2.75, 3.05) is 18.1 Å². The predicted molar refractivity (Wildman–Crippen MR) is 69.7 cm³/mol. The minimum Gasteiger partial charge on any atom is -0.491 e. The fourth-order valence-electron chi connectivity index (χ4n) is 2.06. The summed E-state index contributed by atoms with van der Waals surface area (Å²) in [4.78, 5) is 10.5. The van der Waals surface area contributed by atoms with Crippen LogP contribution in [0.25, 0.3) is 0 Å². The topological polar surface area (TPSA) is 62.0 Å². The molecule has 5 heteroatoms. The third-order valence-corrected chi connectivity index (χ3v) is 2.99. The molecule has 0 atom stereocenters. The maximum atomic E-state index is 8.89. The molecule has 1 aliphatic heterocycles. The number of aromatic nitrogens is 2. The number of hydrogen-bond donors (Lipinski definition) is 0. The molecular weight excluding hydrogens is 240 g/mol. The highest BCUT2D eigenvalue weighted by Gasteiger charge is 2.17. The SMILES string of the molecule is N#Cc1ccnc(N2CCOc3ccccc3C2)n1. The van der Waals surface area contributed by atoms with Gasteiger partial charge in [0.05, 0.1) is 6.54 Å². The second-order valence-corrected chi connectivity index (χ2v) is 4.23. The van der Waals surface area contributed by atoms with Crippen LogP contribution in [0, 0.1) is 11.3 Å². The number of hydrogen-bond acceptors (Lipinski definition) is 5. The van der Waals surface area contributed by atoms with E-state index in [1.165, 1.54) is 0 Å². The maximum Gasteiger partial charge on any atom is 0.226 e. The van der Waals surface area contributed by atoms with E-state index in [0.29, 0.717) is 31.3 Å². The van der Waals surface area contributed by atoms with E-state index in [1.807, 2.05) is 35.2 Å². The zero-order valence-corrected chi connectivity index (χ0v) is 10.3. The van der Waals surface area contributed by atoms with Crippen molar-refractivity contribution in [1.29, 1.82) is 5.26 Å². The first kappa shape index (κ1) is 11.5. The second-order valence-electron chi connectivity index (χ2n) is 4.23. The smallest absolute Gasteiger partial charge is 0.226 e. The van der Waals surface area contributed by atoms with Crippen molar-refractivity contribution in [3.63, 3.8) is 0 Å². The van der Waals surface area contributed by atoms with Gasteiger partial charge < -0.3 is 9.64 Å². The number of para-hydroxylation sites is 1. The fraction of sp³-hybridized carbons (Fsp3) is 0.214. The average molecular weight is 252 g/mol. The van der Waals surface area contributed by atoms with Gasteiger partial charge in [-0.1, -0.05) is 18.2 Å². The minimum atomic E-state index is 0.378. The average Bonchev–Trinajstić information content (AvgIpc) is 2.69. The lowest BCUT2D eigenvalue weighted by molar-refractivity contribution is 0.331. The molecule has 1 aliphatic rings. The number of nitriles is 1. The van der Waals surface area contributed by atoms with Gasteiger partial charge in [0.15, 0.2) is 0 Å². The van der Waals surface area contributed by atoms with Crippen LogP contribution in [0.1, 0.15) is 11.3 Å². The summed E-state index contributed by atoms with van der Waals surface area (Å²) in [5.41, 5.74) is 1.48. The van der Waals surface area contributed by atoms with E-state index in [4.69, 9.17) is 10.00 Å². The fourth-order valence-corrected chi connectivity index (χ4v) is 2.06. The Balaban J connectivity index is 1.92. The molecule has 0 radical (unpaired) electrons. The van der Waals surface area contributed by atoms with Crippen molar-refractivity contribution in [2.45, 2.75) is 6.54 Å². The summed E-state index contributed by atoms with van der Waals surface area (Å²) in [7, 11) is 0. The lowest BCUT2D eigenvalue weighted by Gasteiger charge is -2.19. The Hall–Kier alpha value is -2.61. The zero-order valence-electron chi connectivity index (χ0n) is 10.3. The van der Waals surface area contributed by atoms with Crippen molar-refractivity contribution >= 4 is 5.95 Å². The number of nitrogens with zero attached hydrogens (tertiary/aromatic N) is 4. The Labute approximate surface area is 111 Å². The summed E-state index contributed by atoms with van der Waals surface area (Å²) in [6.45, 7) is 1.96. The van der Waals surface area contributed by atoms with E-state index in [-0.39, 0.29) is 0 Å². The highest BCUT2D eigenvalue weighted by Crippen LogP contribution is 2.24. The highest BCUT2D eigenvalue weighted by molar-refractivity contribution is 5.41. The first-order valence-corrected chi connectivity index (χ1v) is 6.05. The van der Waals surface area contributed by atoms with E-state index in [9.17, 15) is 0 Å². The number of ether oxygens (including phenoxy) is 1. The second kappa shape index (κ2) is 4.94. The molecule has 0 amide bonds. The number of benzene rings is 1. The summed E-state index contributed by atoms with van der Waals surface area (Å²) >= 11 is 0. The molecule has 94 valence electrons. The molecule has 0 spiro atoms. The van der Waals surface area contributed by atoms with Gasteiger partial charge in [0.25, 0.3) is 0 Å². The minimum absolute atomic E-state index is 0.378. The van der Waals surface area contributed by atoms with Crippen LogP contribution in [0.2, 0.25) is 0 Å². The first-order valence-electron chi connectivity index (χ1n) is 6.05. The Morgan fingerprint density at radius 3 is 3.05 bits per heavy atom. The monoisotopic (exact) mass is 252 g/mol. The van der Waals surface area contributed by atoms with Crippen LogP contribution in [-0.4, -0.2) is 23.1 Å². The Bertz CT molecular complexity index is 635. The van der Waals surface area contributed by atoms with Crippen LogP contribution in [0.3, 0.4) is 0 Å². The van der Waals surface area contributed by atoms with E-state index >= 15 is 0 Å². The van der Waals surface area contributed by atoms with Crippen molar-refractivity contribution < 1.29 is 4.74 Å². The van der Waals surface area contributed by atoms with E-state index in [1.54, 1.807) is 12.3 Å². The summed E-state index contributed by atoms with van der Waals surface area (Å²) in [6, 6.07) is 11.6. The number of fused-ring (bicyclic) bond motifs is 1. The van der Waals surface area contributed by atoms with Gasteiger partial charge in [-0.15, -0.1) is 0 Å². The van der Waals surface area contributed by atoms with Gasteiger partial charge in [0, 0.05) is 18.3 Å². The molecule has 1 aromatic carbocycles. The summed E-state index contributed by atoms with van der Waals surface area (Å²) in [5.74, 6) is 1.47. The molecule has 0 bridgehead atoms. The van der Waals surface area contributed by atoms with Gasteiger partial charge in [0.1, 0.15) is 24.1 Å². The van der Waals surface area contributed by atoms with Crippen LogP contribution in [0.5, 0.6) is 5.75 Å². The normalized spacial score (nSPS) is 13.9. The maximum absolute atomic E-state index is 8.89. The molecule has 0 saturated heterocycles. The Kier molecular flexibility index (Phi) is 2.99. The van der Waals surface area contributed by atoms with Crippen molar-refractivity contribution in [1.82, 2.24) is 9.97 Å². The quantitative estimate of drug-likeness (QED) is 0.773. The van der Waals surface area contributed by atoms with E-state index < -0.39 is 0 Å². The summed E-state index contributed by atoms with van der Waals surface area (Å²) in [5, 5.41) is 8.89. The van der Waals surface area contributed by atoms with Crippen molar-refractivity contribution in [2.24, 2.45) is 0 Å². The van der Waals surface area contributed by atoms with Crippen LogP contribution < -0.4 is 9.64 Å². The third-order valence-electron chi connectivity index (χ3n) is 2.99. The predicted octanol–water partition coefficient (Wildman–Crippen LogP) is 1.75.